The first-order valence-corrected chi connectivity index (χ1v) is 11.7. The van der Waals surface area contributed by atoms with E-state index in [2.05, 4.69) is 15.1 Å². The Balaban J connectivity index is 1.84. The molecule has 3 rings (SSSR count). The maximum absolute atomic E-state index is 12.9. The fourth-order valence-electron chi connectivity index (χ4n) is 3.25. The SMILES string of the molecule is CCCc1cc(C(=O)Nc2ccc(S(=O)(=O)Nc3cccc(C(F)(F)F)c3)c(OC)c2)n(C)n1. The molecule has 0 bridgehead atoms. The lowest BCUT2D eigenvalue weighted by molar-refractivity contribution is -0.137. The number of aryl methyl sites for hydroxylation is 2. The van der Waals surface area contributed by atoms with Crippen molar-refractivity contribution in [2.45, 2.75) is 30.8 Å². The van der Waals surface area contributed by atoms with Crippen molar-refractivity contribution in [2.24, 2.45) is 7.05 Å². The first-order chi connectivity index (χ1) is 15.9. The smallest absolute Gasteiger partial charge is 0.416 e. The summed E-state index contributed by atoms with van der Waals surface area (Å²) < 4.78 is 73.2. The molecule has 0 saturated carbocycles. The third-order valence-corrected chi connectivity index (χ3v) is 6.24. The van der Waals surface area contributed by atoms with Crippen molar-refractivity contribution in [3.8, 4) is 5.75 Å². The largest absolute Gasteiger partial charge is 0.495 e. The van der Waals surface area contributed by atoms with Gasteiger partial charge in [0.15, 0.2) is 0 Å². The average molecular weight is 497 g/mol. The van der Waals surface area contributed by atoms with Crippen molar-refractivity contribution in [2.75, 3.05) is 17.1 Å². The number of hydrogen-bond donors (Lipinski definition) is 2. The van der Waals surface area contributed by atoms with Gasteiger partial charge in [-0.1, -0.05) is 19.4 Å². The van der Waals surface area contributed by atoms with Gasteiger partial charge in [-0.3, -0.25) is 14.2 Å². The number of hydrogen-bond acceptors (Lipinski definition) is 5. The van der Waals surface area contributed by atoms with Gasteiger partial charge in [0, 0.05) is 24.5 Å². The Morgan fingerprint density at radius 3 is 2.50 bits per heavy atom. The first kappa shape index (κ1) is 25.1. The van der Waals surface area contributed by atoms with Crippen LogP contribution in [0.25, 0.3) is 0 Å². The Morgan fingerprint density at radius 2 is 1.85 bits per heavy atom. The van der Waals surface area contributed by atoms with Crippen molar-refractivity contribution >= 4 is 27.3 Å². The third kappa shape index (κ3) is 5.68. The molecule has 0 aliphatic carbocycles. The van der Waals surface area contributed by atoms with Crippen LogP contribution in [0.2, 0.25) is 0 Å². The number of nitrogens with one attached hydrogen (secondary N) is 2. The van der Waals surface area contributed by atoms with Crippen LogP contribution in [-0.4, -0.2) is 31.2 Å². The van der Waals surface area contributed by atoms with E-state index in [1.807, 2.05) is 6.92 Å². The van der Waals surface area contributed by atoms with E-state index in [1.165, 1.54) is 36.1 Å². The number of rotatable bonds is 8. The summed E-state index contributed by atoms with van der Waals surface area (Å²) in [4.78, 5) is 12.3. The van der Waals surface area contributed by atoms with E-state index in [0.717, 1.165) is 30.7 Å². The van der Waals surface area contributed by atoms with Crippen LogP contribution in [0.1, 0.15) is 35.1 Å². The van der Waals surface area contributed by atoms with Crippen LogP contribution < -0.4 is 14.8 Å². The van der Waals surface area contributed by atoms with E-state index >= 15 is 0 Å². The fraction of sp³-hybridized carbons (Fsp3) is 0.273. The maximum Gasteiger partial charge on any atom is 0.416 e. The number of carbonyl (C=O) groups excluding carboxylic acids is 1. The lowest BCUT2D eigenvalue weighted by atomic mass is 10.2. The Kier molecular flexibility index (Phi) is 7.20. The second kappa shape index (κ2) is 9.75. The molecule has 2 N–H and O–H groups in total. The van der Waals surface area contributed by atoms with Crippen LogP contribution in [0.15, 0.2) is 53.4 Å². The van der Waals surface area contributed by atoms with Gasteiger partial charge in [-0.05, 0) is 42.8 Å². The number of halogens is 3. The standard InChI is InChI=1S/C22H23F3N4O4S/c1-4-6-16-12-18(29(2)27-16)21(30)26-15-9-10-20(19(13-15)33-3)34(31,32)28-17-8-5-7-14(11-17)22(23,24)25/h5,7-13,28H,4,6H2,1-3H3,(H,26,30). The first-order valence-electron chi connectivity index (χ1n) is 10.2. The molecule has 1 heterocycles. The Hall–Kier alpha value is -3.54. The fourth-order valence-corrected chi connectivity index (χ4v) is 4.45. The average Bonchev–Trinajstić information content (AvgIpc) is 3.13. The van der Waals surface area contributed by atoms with Gasteiger partial charge < -0.3 is 10.1 Å². The number of carbonyl (C=O) groups is 1. The van der Waals surface area contributed by atoms with Gasteiger partial charge in [-0.2, -0.15) is 18.3 Å². The molecule has 2 aromatic carbocycles. The number of anilines is 2. The van der Waals surface area contributed by atoms with E-state index in [-0.39, 0.29) is 22.0 Å². The monoisotopic (exact) mass is 496 g/mol. The molecule has 0 aliphatic rings. The lowest BCUT2D eigenvalue weighted by Crippen LogP contribution is -2.17. The van der Waals surface area contributed by atoms with Crippen LogP contribution in [0, 0.1) is 0 Å². The predicted octanol–water partition coefficient (Wildman–Crippen LogP) is 4.45. The minimum absolute atomic E-state index is 0.103. The molecule has 0 spiro atoms. The zero-order chi connectivity index (χ0) is 25.1. The van der Waals surface area contributed by atoms with Crippen LogP contribution >= 0.6 is 0 Å². The minimum atomic E-state index is -4.62. The second-order valence-corrected chi connectivity index (χ2v) is 9.05. The highest BCUT2D eigenvalue weighted by molar-refractivity contribution is 7.92. The summed E-state index contributed by atoms with van der Waals surface area (Å²) in [6, 6.07) is 9.36. The molecule has 0 unspecified atom stereocenters. The molecule has 1 aromatic heterocycles. The van der Waals surface area contributed by atoms with Gasteiger partial charge in [0.2, 0.25) is 0 Å². The maximum atomic E-state index is 12.9. The summed E-state index contributed by atoms with van der Waals surface area (Å²) in [6.07, 6.45) is -3.02. The van der Waals surface area contributed by atoms with Crippen molar-refractivity contribution in [1.82, 2.24) is 9.78 Å². The topological polar surface area (TPSA) is 102 Å². The van der Waals surface area contributed by atoms with E-state index < -0.39 is 27.7 Å². The molecule has 0 aliphatic heterocycles. The number of nitrogens with zero attached hydrogens (tertiary/aromatic N) is 2. The highest BCUT2D eigenvalue weighted by Gasteiger charge is 2.31. The highest BCUT2D eigenvalue weighted by Crippen LogP contribution is 2.33. The van der Waals surface area contributed by atoms with Gasteiger partial charge in [0.05, 0.1) is 18.4 Å². The number of amides is 1. The van der Waals surface area contributed by atoms with E-state index in [1.54, 1.807) is 13.1 Å². The zero-order valence-corrected chi connectivity index (χ0v) is 19.4. The van der Waals surface area contributed by atoms with Gasteiger partial charge in [-0.15, -0.1) is 0 Å². The van der Waals surface area contributed by atoms with Gasteiger partial charge in [0.1, 0.15) is 16.3 Å². The van der Waals surface area contributed by atoms with Gasteiger partial charge in [-0.25, -0.2) is 8.42 Å². The number of alkyl halides is 3. The molecule has 182 valence electrons. The number of sulfonamides is 1. The molecule has 12 heteroatoms. The molecule has 0 radical (unpaired) electrons. The van der Waals surface area contributed by atoms with Gasteiger partial charge >= 0.3 is 6.18 Å². The molecule has 0 saturated heterocycles. The van der Waals surface area contributed by atoms with Crippen LogP contribution in [0.3, 0.4) is 0 Å². The molecule has 0 atom stereocenters. The van der Waals surface area contributed by atoms with E-state index in [4.69, 9.17) is 4.74 Å². The Bertz CT molecular complexity index is 1300. The van der Waals surface area contributed by atoms with Crippen LogP contribution in [0.5, 0.6) is 5.75 Å². The normalized spacial score (nSPS) is 11.8. The molecule has 34 heavy (non-hydrogen) atoms. The van der Waals surface area contributed by atoms with Crippen LogP contribution in [-0.2, 0) is 29.7 Å². The van der Waals surface area contributed by atoms with Crippen molar-refractivity contribution in [3.05, 3.63) is 65.5 Å². The summed E-state index contributed by atoms with van der Waals surface area (Å²) in [5.41, 5.74) is 0.113. The molecule has 1 amide bonds. The number of aromatic nitrogens is 2. The van der Waals surface area contributed by atoms with Crippen molar-refractivity contribution < 1.29 is 31.1 Å². The highest BCUT2D eigenvalue weighted by atomic mass is 32.2. The number of methoxy groups -OCH3 is 1. The number of ether oxygens (including phenoxy) is 1. The van der Waals surface area contributed by atoms with Crippen LogP contribution in [0.4, 0.5) is 24.5 Å². The Morgan fingerprint density at radius 1 is 1.12 bits per heavy atom. The summed E-state index contributed by atoms with van der Waals surface area (Å²) in [7, 11) is -1.41. The zero-order valence-electron chi connectivity index (χ0n) is 18.6. The number of benzene rings is 2. The van der Waals surface area contributed by atoms with Crippen molar-refractivity contribution in [3.63, 3.8) is 0 Å². The van der Waals surface area contributed by atoms with E-state index in [9.17, 15) is 26.4 Å². The third-order valence-electron chi connectivity index (χ3n) is 4.82. The molecule has 0 fully saturated rings. The quantitative estimate of drug-likeness (QED) is 0.480. The minimum Gasteiger partial charge on any atom is -0.495 e. The van der Waals surface area contributed by atoms with Gasteiger partial charge in [0.25, 0.3) is 15.9 Å². The molecular formula is C22H23F3N4O4S. The van der Waals surface area contributed by atoms with Crippen molar-refractivity contribution in [1.29, 1.82) is 0 Å². The molecule has 8 nitrogen and oxygen atoms in total. The van der Waals surface area contributed by atoms with E-state index in [0.29, 0.717) is 11.8 Å². The Labute approximate surface area is 194 Å². The molecule has 3 aromatic rings. The second-order valence-electron chi connectivity index (χ2n) is 7.40. The summed E-state index contributed by atoms with van der Waals surface area (Å²) in [5, 5.41) is 6.94. The summed E-state index contributed by atoms with van der Waals surface area (Å²) in [5.74, 6) is -0.550. The summed E-state index contributed by atoms with van der Waals surface area (Å²) >= 11 is 0. The lowest BCUT2D eigenvalue weighted by Gasteiger charge is -2.14. The predicted molar refractivity (Wildman–Crippen MR) is 120 cm³/mol. The molecular weight excluding hydrogens is 473 g/mol. The summed E-state index contributed by atoms with van der Waals surface area (Å²) in [6.45, 7) is 2.00.